The van der Waals surface area contributed by atoms with E-state index in [1.165, 1.54) is 20.7 Å². The van der Waals surface area contributed by atoms with Crippen LogP contribution in [0.15, 0.2) is 279 Å². The topological polar surface area (TPSA) is 6.48 Å². The third-order valence-electron chi connectivity index (χ3n) is 12.4. The van der Waals surface area contributed by atoms with Crippen LogP contribution in [0.25, 0.3) is 24.3 Å². The fourth-order valence-corrected chi connectivity index (χ4v) is 13.8. The van der Waals surface area contributed by atoms with Gasteiger partial charge in [-0.15, -0.1) is 0 Å². The number of benzene rings is 10. The summed E-state index contributed by atoms with van der Waals surface area (Å²) in [6.07, 6.45) is 8.85. The maximum atomic E-state index is 2.36. The van der Waals surface area contributed by atoms with Gasteiger partial charge in [-0.25, -0.2) is 0 Å². The van der Waals surface area contributed by atoms with Crippen molar-refractivity contribution in [2.75, 3.05) is 9.80 Å². The number of rotatable bonds is 14. The van der Waals surface area contributed by atoms with Crippen LogP contribution in [-0.2, 0) is 0 Å². The lowest BCUT2D eigenvalue weighted by molar-refractivity contribution is 1.28. The molecule has 0 heterocycles. The average molecular weight is 875 g/mol. The average Bonchev–Trinajstić information content (AvgIpc) is 3.41. The number of hydrogen-bond acceptors (Lipinski definition) is 2. The SMILES string of the molecule is C(=Cc1ccc([Si](c2ccccc2)(c2ccccc2)c2ccc(C=Cc3ccc(N(c4ccccc4)c4ccccc4)cc3)cc2)cc1)c1ccc(N(c2ccccc2)c2ccccc2)cc1. The Morgan fingerprint density at radius 1 is 0.194 bits per heavy atom. The molecule has 10 aromatic carbocycles. The number of nitrogens with zero attached hydrogens (tertiary/aromatic N) is 2. The Morgan fingerprint density at radius 3 is 0.642 bits per heavy atom. The van der Waals surface area contributed by atoms with Crippen LogP contribution in [0.4, 0.5) is 34.1 Å². The molecular formula is C64H50N2Si. The molecule has 0 saturated heterocycles. The Bertz CT molecular complexity index is 2860. The molecular weight excluding hydrogens is 825 g/mol. The summed E-state index contributed by atoms with van der Waals surface area (Å²) in [4.78, 5) is 4.58. The Balaban J connectivity index is 0.923. The highest BCUT2D eigenvalue weighted by molar-refractivity contribution is 7.19. The number of para-hydroxylation sites is 4. The van der Waals surface area contributed by atoms with Crippen LogP contribution in [0.5, 0.6) is 0 Å². The summed E-state index contributed by atoms with van der Waals surface area (Å²) in [6.45, 7) is 0. The van der Waals surface area contributed by atoms with Gasteiger partial charge >= 0.3 is 0 Å². The molecule has 0 radical (unpaired) electrons. The molecule has 0 bridgehead atoms. The molecule has 10 aromatic rings. The van der Waals surface area contributed by atoms with E-state index in [2.05, 4.69) is 313 Å². The minimum atomic E-state index is -2.72. The molecule has 0 aliphatic heterocycles. The Morgan fingerprint density at radius 2 is 0.388 bits per heavy atom. The molecule has 0 aromatic heterocycles. The minimum Gasteiger partial charge on any atom is -0.311 e. The summed E-state index contributed by atoms with van der Waals surface area (Å²) in [7, 11) is -2.72. The lowest BCUT2D eigenvalue weighted by atomic mass is 10.1. The Kier molecular flexibility index (Phi) is 12.7. The van der Waals surface area contributed by atoms with Crippen molar-refractivity contribution in [2.24, 2.45) is 0 Å². The Labute approximate surface area is 396 Å². The van der Waals surface area contributed by atoms with Crippen LogP contribution in [0.1, 0.15) is 22.3 Å². The van der Waals surface area contributed by atoms with E-state index in [-0.39, 0.29) is 0 Å². The second-order valence-electron chi connectivity index (χ2n) is 16.6. The number of anilines is 6. The highest BCUT2D eigenvalue weighted by Crippen LogP contribution is 2.36. The lowest BCUT2D eigenvalue weighted by Crippen LogP contribution is -2.74. The van der Waals surface area contributed by atoms with E-state index < -0.39 is 8.07 Å². The van der Waals surface area contributed by atoms with E-state index in [9.17, 15) is 0 Å². The quantitative estimate of drug-likeness (QED) is 0.0610. The first-order valence-corrected chi connectivity index (χ1v) is 24.9. The third kappa shape index (κ3) is 9.37. The maximum Gasteiger partial charge on any atom is 0.179 e. The molecule has 67 heavy (non-hydrogen) atoms. The van der Waals surface area contributed by atoms with Gasteiger partial charge in [0.2, 0.25) is 0 Å². The molecule has 0 amide bonds. The van der Waals surface area contributed by atoms with Crippen LogP contribution in [0, 0.1) is 0 Å². The molecule has 0 unspecified atom stereocenters. The summed E-state index contributed by atoms with van der Waals surface area (Å²) >= 11 is 0. The summed E-state index contributed by atoms with van der Waals surface area (Å²) in [6, 6.07) is 101. The standard InChI is InChI=1S/C64H50N2Si/c1-7-19-55(20-8-1)65(56-21-9-2-10-22-56)59-43-35-51(36-44-59)31-33-53-39-47-63(48-40-53)67(61-27-15-5-16-28-61,62-29-17-6-18-30-62)64-49-41-54(42-50-64)34-32-52-37-45-60(46-38-52)66(57-23-11-3-12-24-57)58-25-13-4-14-26-58/h1-50H. The molecule has 0 fully saturated rings. The molecule has 0 aliphatic rings. The van der Waals surface area contributed by atoms with E-state index in [0.717, 1.165) is 56.4 Å². The predicted molar refractivity (Wildman–Crippen MR) is 290 cm³/mol. The smallest absolute Gasteiger partial charge is 0.179 e. The molecule has 2 nitrogen and oxygen atoms in total. The van der Waals surface area contributed by atoms with Gasteiger partial charge in [0.15, 0.2) is 8.07 Å². The lowest BCUT2D eigenvalue weighted by Gasteiger charge is -2.34. The van der Waals surface area contributed by atoms with Gasteiger partial charge in [0.25, 0.3) is 0 Å². The maximum absolute atomic E-state index is 2.72. The monoisotopic (exact) mass is 874 g/mol. The molecule has 0 N–H and O–H groups in total. The van der Waals surface area contributed by atoms with Crippen molar-refractivity contribution < 1.29 is 0 Å². The van der Waals surface area contributed by atoms with Crippen LogP contribution < -0.4 is 30.5 Å². The van der Waals surface area contributed by atoms with E-state index in [4.69, 9.17) is 0 Å². The molecule has 0 saturated carbocycles. The van der Waals surface area contributed by atoms with Gasteiger partial charge in [-0.05, 0) is 116 Å². The molecule has 0 aliphatic carbocycles. The molecule has 0 atom stereocenters. The van der Waals surface area contributed by atoms with Crippen molar-refractivity contribution in [1.29, 1.82) is 0 Å². The number of hydrogen-bond donors (Lipinski definition) is 0. The largest absolute Gasteiger partial charge is 0.311 e. The van der Waals surface area contributed by atoms with Gasteiger partial charge in [-0.3, -0.25) is 0 Å². The third-order valence-corrected chi connectivity index (χ3v) is 17.2. The first-order chi connectivity index (χ1) is 33.2. The van der Waals surface area contributed by atoms with E-state index in [1.54, 1.807) is 0 Å². The van der Waals surface area contributed by atoms with Crippen LogP contribution >= 0.6 is 0 Å². The second kappa shape index (κ2) is 20.1. The fourth-order valence-electron chi connectivity index (χ4n) is 9.12. The van der Waals surface area contributed by atoms with Crippen LogP contribution in [0.2, 0.25) is 0 Å². The van der Waals surface area contributed by atoms with Gasteiger partial charge in [0.1, 0.15) is 0 Å². The van der Waals surface area contributed by atoms with E-state index in [1.807, 2.05) is 0 Å². The van der Waals surface area contributed by atoms with Crippen molar-refractivity contribution in [1.82, 2.24) is 0 Å². The normalized spacial score (nSPS) is 11.5. The minimum absolute atomic E-state index is 1.12. The second-order valence-corrected chi connectivity index (χ2v) is 20.4. The molecule has 3 heteroatoms. The van der Waals surface area contributed by atoms with E-state index >= 15 is 0 Å². The van der Waals surface area contributed by atoms with Crippen molar-refractivity contribution in [3.05, 3.63) is 301 Å². The summed E-state index contributed by atoms with van der Waals surface area (Å²) in [5.41, 5.74) is 11.4. The van der Waals surface area contributed by atoms with E-state index in [0.29, 0.717) is 0 Å². The summed E-state index contributed by atoms with van der Waals surface area (Å²) < 4.78 is 0. The first kappa shape index (κ1) is 42.4. The van der Waals surface area contributed by atoms with Crippen molar-refractivity contribution in [3.63, 3.8) is 0 Å². The first-order valence-electron chi connectivity index (χ1n) is 22.9. The van der Waals surface area contributed by atoms with Gasteiger partial charge in [0, 0.05) is 34.1 Å². The fraction of sp³-hybridized carbons (Fsp3) is 0. The van der Waals surface area contributed by atoms with Crippen LogP contribution in [-0.4, -0.2) is 8.07 Å². The summed E-state index contributed by atoms with van der Waals surface area (Å²) in [5, 5.41) is 5.40. The molecule has 0 spiro atoms. The molecule has 320 valence electrons. The van der Waals surface area contributed by atoms with Gasteiger partial charge < -0.3 is 9.80 Å². The van der Waals surface area contributed by atoms with Gasteiger partial charge in [0.05, 0.1) is 0 Å². The molecule has 10 rings (SSSR count). The zero-order valence-electron chi connectivity index (χ0n) is 37.3. The van der Waals surface area contributed by atoms with Crippen molar-refractivity contribution in [3.8, 4) is 0 Å². The Hall–Kier alpha value is -8.50. The summed E-state index contributed by atoms with van der Waals surface area (Å²) in [5.74, 6) is 0. The van der Waals surface area contributed by atoms with Crippen molar-refractivity contribution in [2.45, 2.75) is 0 Å². The van der Waals surface area contributed by atoms with Gasteiger partial charge in [-0.1, -0.05) is 231 Å². The van der Waals surface area contributed by atoms with Crippen molar-refractivity contribution >= 4 is 87.2 Å². The highest BCUT2D eigenvalue weighted by atomic mass is 28.3. The zero-order valence-corrected chi connectivity index (χ0v) is 38.3. The van der Waals surface area contributed by atoms with Crippen LogP contribution in [0.3, 0.4) is 0 Å². The predicted octanol–water partition coefficient (Wildman–Crippen LogP) is 14.3. The zero-order chi connectivity index (χ0) is 45.1. The van der Waals surface area contributed by atoms with Gasteiger partial charge in [-0.2, -0.15) is 0 Å². The highest BCUT2D eigenvalue weighted by Gasteiger charge is 2.41.